The van der Waals surface area contributed by atoms with Crippen molar-refractivity contribution in [3.63, 3.8) is 0 Å². The number of aromatic nitrogens is 3. The monoisotopic (exact) mass is 248 g/mol. The second-order valence-corrected chi connectivity index (χ2v) is 4.51. The maximum Gasteiger partial charge on any atom is 0.243 e. The predicted molar refractivity (Wildman–Crippen MR) is 66.2 cm³/mol. The Morgan fingerprint density at radius 1 is 1.53 bits per heavy atom. The number of nitrogens with zero attached hydrogens (tertiary/aromatic N) is 2. The summed E-state index contributed by atoms with van der Waals surface area (Å²) < 4.78 is 2.37. The van der Waals surface area contributed by atoms with Gasteiger partial charge in [0, 0.05) is 12.7 Å². The van der Waals surface area contributed by atoms with E-state index >= 15 is 0 Å². The average Bonchev–Trinajstić information content (AvgIpc) is 2.66. The van der Waals surface area contributed by atoms with E-state index in [9.17, 15) is 4.79 Å². The van der Waals surface area contributed by atoms with Crippen molar-refractivity contribution in [1.29, 1.82) is 0 Å². The predicted octanol–water partition coefficient (Wildman–Crippen LogP) is 1.54. The molecule has 0 aromatic carbocycles. The minimum Gasteiger partial charge on any atom is -0.354 e. The summed E-state index contributed by atoms with van der Waals surface area (Å²) in [7, 11) is 0. The molecule has 2 N–H and O–H groups in total. The van der Waals surface area contributed by atoms with E-state index in [1.807, 2.05) is 16.7 Å². The Labute approximate surface area is 103 Å². The lowest BCUT2D eigenvalue weighted by atomic mass is 10.1. The number of nitrogens with one attached hydrogen (secondary N) is 2. The quantitative estimate of drug-likeness (QED) is 0.753. The Balaban J connectivity index is 2.19. The van der Waals surface area contributed by atoms with E-state index < -0.39 is 0 Å². The number of carbonyl (C=O) groups excluding carboxylic acids is 1. The first kappa shape index (κ1) is 10.5. The molecule has 1 amide bonds. The summed E-state index contributed by atoms with van der Waals surface area (Å²) in [6.45, 7) is 0.748. The van der Waals surface area contributed by atoms with Crippen molar-refractivity contribution in [2.45, 2.75) is 18.9 Å². The normalized spacial score (nSPS) is 20.5. The fraction of sp³-hybridized carbons (Fsp3) is 0.364. The summed E-state index contributed by atoms with van der Waals surface area (Å²) >= 11 is 5.27. The first-order valence-electron chi connectivity index (χ1n) is 5.60. The maximum atomic E-state index is 11.9. The van der Waals surface area contributed by atoms with Gasteiger partial charge in [0.25, 0.3) is 0 Å². The summed E-state index contributed by atoms with van der Waals surface area (Å²) in [4.78, 5) is 19.2. The van der Waals surface area contributed by atoms with Crippen LogP contribution in [0, 0.1) is 4.77 Å². The topological polar surface area (TPSA) is 62.7 Å². The molecule has 0 aliphatic carbocycles. The minimum absolute atomic E-state index is 0.0268. The van der Waals surface area contributed by atoms with E-state index in [-0.39, 0.29) is 11.9 Å². The van der Waals surface area contributed by atoms with E-state index in [4.69, 9.17) is 12.2 Å². The van der Waals surface area contributed by atoms with Crippen molar-refractivity contribution in [2.24, 2.45) is 0 Å². The largest absolute Gasteiger partial charge is 0.354 e. The molecule has 17 heavy (non-hydrogen) atoms. The van der Waals surface area contributed by atoms with Crippen molar-refractivity contribution in [2.75, 3.05) is 6.54 Å². The molecule has 0 spiro atoms. The van der Waals surface area contributed by atoms with Gasteiger partial charge in [-0.25, -0.2) is 4.98 Å². The van der Waals surface area contributed by atoms with Gasteiger partial charge in [-0.1, -0.05) is 0 Å². The van der Waals surface area contributed by atoms with Gasteiger partial charge >= 0.3 is 0 Å². The van der Waals surface area contributed by atoms with Crippen molar-refractivity contribution in [1.82, 2.24) is 19.9 Å². The Morgan fingerprint density at radius 3 is 3.24 bits per heavy atom. The molecule has 2 aromatic heterocycles. The molecule has 6 heteroatoms. The molecule has 1 saturated heterocycles. The molecular formula is C11H12N4OS. The van der Waals surface area contributed by atoms with E-state index in [2.05, 4.69) is 15.3 Å². The molecule has 1 aliphatic rings. The highest BCUT2D eigenvalue weighted by atomic mass is 32.1. The molecule has 0 radical (unpaired) electrons. The smallest absolute Gasteiger partial charge is 0.243 e. The summed E-state index contributed by atoms with van der Waals surface area (Å²) in [5.41, 5.74) is 1.62. The van der Waals surface area contributed by atoms with Crippen LogP contribution in [-0.2, 0) is 4.79 Å². The van der Waals surface area contributed by atoms with Crippen LogP contribution in [-0.4, -0.2) is 27.0 Å². The summed E-state index contributed by atoms with van der Waals surface area (Å²) in [5.74, 6) is 0.0268. The Morgan fingerprint density at radius 2 is 2.41 bits per heavy atom. The lowest BCUT2D eigenvalue weighted by molar-refractivity contribution is -0.125. The third-order valence-electron chi connectivity index (χ3n) is 3.04. The molecular weight excluding hydrogens is 236 g/mol. The SMILES string of the molecule is O=C1NCCCC1n1c(=S)[nH]c2cccnc21. The lowest BCUT2D eigenvalue weighted by Crippen LogP contribution is -2.38. The third kappa shape index (κ3) is 1.64. The van der Waals surface area contributed by atoms with Crippen LogP contribution in [0.5, 0.6) is 0 Å². The Hall–Kier alpha value is -1.69. The lowest BCUT2D eigenvalue weighted by Gasteiger charge is -2.23. The molecule has 0 saturated carbocycles. The van der Waals surface area contributed by atoms with Crippen molar-refractivity contribution >= 4 is 29.3 Å². The van der Waals surface area contributed by atoms with Crippen LogP contribution in [0.2, 0.25) is 0 Å². The molecule has 2 aromatic rings. The highest BCUT2D eigenvalue weighted by molar-refractivity contribution is 7.71. The molecule has 3 rings (SSSR count). The number of H-pyrrole nitrogens is 1. The van der Waals surface area contributed by atoms with Gasteiger partial charge in [-0.3, -0.25) is 9.36 Å². The zero-order valence-electron chi connectivity index (χ0n) is 9.14. The molecule has 0 bridgehead atoms. The van der Waals surface area contributed by atoms with Crippen LogP contribution in [0.3, 0.4) is 0 Å². The van der Waals surface area contributed by atoms with E-state index in [1.54, 1.807) is 6.20 Å². The standard InChI is InChI=1S/C11H12N4OS/c16-10-8(4-2-6-13-10)15-9-7(14-11(15)17)3-1-5-12-9/h1,3,5,8H,2,4,6H2,(H,13,16)(H,14,17). The Bertz CT molecular complexity index is 630. The van der Waals surface area contributed by atoms with E-state index in [0.717, 1.165) is 30.6 Å². The van der Waals surface area contributed by atoms with Gasteiger partial charge in [0.2, 0.25) is 5.91 Å². The second kappa shape index (κ2) is 3.96. The van der Waals surface area contributed by atoms with E-state index in [1.165, 1.54) is 0 Å². The van der Waals surface area contributed by atoms with Crippen LogP contribution in [0.4, 0.5) is 0 Å². The molecule has 1 atom stereocenters. The van der Waals surface area contributed by atoms with Crippen molar-refractivity contribution < 1.29 is 4.79 Å². The minimum atomic E-state index is -0.236. The van der Waals surface area contributed by atoms with Gasteiger partial charge in [-0.2, -0.15) is 0 Å². The van der Waals surface area contributed by atoms with Gasteiger partial charge in [-0.15, -0.1) is 0 Å². The fourth-order valence-electron chi connectivity index (χ4n) is 2.25. The van der Waals surface area contributed by atoms with E-state index in [0.29, 0.717) is 4.77 Å². The number of imidazole rings is 1. The van der Waals surface area contributed by atoms with Gasteiger partial charge in [0.1, 0.15) is 6.04 Å². The molecule has 1 aliphatic heterocycles. The van der Waals surface area contributed by atoms with Crippen LogP contribution in [0.15, 0.2) is 18.3 Å². The molecule has 88 valence electrons. The number of aromatic amines is 1. The third-order valence-corrected chi connectivity index (χ3v) is 3.34. The van der Waals surface area contributed by atoms with Gasteiger partial charge in [0.15, 0.2) is 10.4 Å². The number of pyridine rings is 1. The van der Waals surface area contributed by atoms with Gasteiger partial charge < -0.3 is 10.3 Å². The highest BCUT2D eigenvalue weighted by Crippen LogP contribution is 2.23. The van der Waals surface area contributed by atoms with Crippen LogP contribution in [0.1, 0.15) is 18.9 Å². The summed E-state index contributed by atoms with van der Waals surface area (Å²) in [5, 5.41) is 2.86. The molecule has 3 heterocycles. The van der Waals surface area contributed by atoms with Crippen LogP contribution >= 0.6 is 12.2 Å². The Kier molecular flexibility index (Phi) is 2.44. The van der Waals surface area contributed by atoms with Crippen LogP contribution in [0.25, 0.3) is 11.2 Å². The first-order chi connectivity index (χ1) is 8.27. The maximum absolute atomic E-state index is 11.9. The van der Waals surface area contributed by atoms with Crippen LogP contribution < -0.4 is 5.32 Å². The number of rotatable bonds is 1. The second-order valence-electron chi connectivity index (χ2n) is 4.12. The number of fused-ring (bicyclic) bond motifs is 1. The average molecular weight is 248 g/mol. The summed E-state index contributed by atoms with van der Waals surface area (Å²) in [6, 6.07) is 3.52. The highest BCUT2D eigenvalue weighted by Gasteiger charge is 2.26. The molecule has 1 fully saturated rings. The number of hydrogen-bond donors (Lipinski definition) is 2. The number of piperidine rings is 1. The van der Waals surface area contributed by atoms with Crippen molar-refractivity contribution in [3.05, 3.63) is 23.1 Å². The van der Waals surface area contributed by atoms with Gasteiger partial charge in [0.05, 0.1) is 5.52 Å². The van der Waals surface area contributed by atoms with Crippen molar-refractivity contribution in [3.8, 4) is 0 Å². The fourth-order valence-corrected chi connectivity index (χ4v) is 2.57. The molecule has 5 nitrogen and oxygen atoms in total. The number of carbonyl (C=O) groups is 1. The zero-order valence-corrected chi connectivity index (χ0v) is 9.96. The summed E-state index contributed by atoms with van der Waals surface area (Å²) in [6.07, 6.45) is 3.49. The first-order valence-corrected chi connectivity index (χ1v) is 6.01. The van der Waals surface area contributed by atoms with Gasteiger partial charge in [-0.05, 0) is 37.2 Å². The molecule has 1 unspecified atom stereocenters. The number of hydrogen-bond acceptors (Lipinski definition) is 3. The number of amides is 1. The zero-order chi connectivity index (χ0) is 11.8.